The molecule has 0 aromatic carbocycles. The largest absolute Gasteiger partial charge is 0.416 e. The van der Waals surface area contributed by atoms with Gasteiger partial charge in [-0.1, -0.05) is 39.0 Å². The lowest BCUT2D eigenvalue weighted by atomic mass is 9.92. The quantitative estimate of drug-likeness (QED) is 0.595. The van der Waals surface area contributed by atoms with Gasteiger partial charge in [-0.3, -0.25) is 0 Å². The van der Waals surface area contributed by atoms with Crippen molar-refractivity contribution in [2.24, 2.45) is 5.92 Å². The van der Waals surface area contributed by atoms with Gasteiger partial charge in [0.15, 0.2) is 0 Å². The number of rotatable bonds is 4. The van der Waals surface area contributed by atoms with E-state index >= 15 is 0 Å². The Labute approximate surface area is 95.5 Å². The predicted molar refractivity (Wildman–Crippen MR) is 62.2 cm³/mol. The van der Waals surface area contributed by atoms with Gasteiger partial charge in [-0.05, 0) is 30.9 Å². The number of hydrogen-bond acceptors (Lipinski definition) is 0. The molecule has 0 radical (unpaired) electrons. The molecule has 0 bridgehead atoms. The van der Waals surface area contributed by atoms with Crippen LogP contribution >= 0.6 is 0 Å². The SMILES string of the molecule is C=C(CC)/C(=C\C(=C/C)C(F)(F)F)C(C)C. The van der Waals surface area contributed by atoms with Crippen molar-refractivity contribution in [1.82, 2.24) is 0 Å². The van der Waals surface area contributed by atoms with Crippen molar-refractivity contribution >= 4 is 0 Å². The summed E-state index contributed by atoms with van der Waals surface area (Å²) in [6.07, 6.45) is -1.33. The Bertz CT molecular complexity index is 304. The van der Waals surface area contributed by atoms with E-state index in [0.717, 1.165) is 11.6 Å². The summed E-state index contributed by atoms with van der Waals surface area (Å²) in [7, 11) is 0. The Morgan fingerprint density at radius 1 is 1.31 bits per heavy atom. The summed E-state index contributed by atoms with van der Waals surface area (Å²) in [6, 6.07) is 0. The van der Waals surface area contributed by atoms with Gasteiger partial charge in [0.05, 0.1) is 5.57 Å². The third-order valence-electron chi connectivity index (χ3n) is 2.41. The first kappa shape index (κ1) is 15.0. The van der Waals surface area contributed by atoms with Gasteiger partial charge >= 0.3 is 6.18 Å². The lowest BCUT2D eigenvalue weighted by Gasteiger charge is -2.15. The van der Waals surface area contributed by atoms with E-state index in [1.807, 2.05) is 20.8 Å². The smallest absolute Gasteiger partial charge is 0.166 e. The zero-order valence-electron chi connectivity index (χ0n) is 10.3. The maximum atomic E-state index is 12.6. The minimum Gasteiger partial charge on any atom is -0.166 e. The van der Waals surface area contributed by atoms with Crippen LogP contribution in [0, 0.1) is 5.92 Å². The normalized spacial score (nSPS) is 14.5. The van der Waals surface area contributed by atoms with Gasteiger partial charge in [-0.2, -0.15) is 13.2 Å². The highest BCUT2D eigenvalue weighted by Crippen LogP contribution is 2.30. The Balaban J connectivity index is 5.29. The van der Waals surface area contributed by atoms with Gasteiger partial charge in [-0.15, -0.1) is 0 Å². The number of alkyl halides is 3. The molecule has 0 fully saturated rings. The monoisotopic (exact) mass is 232 g/mol. The standard InChI is InChI=1S/C13H19F3/c1-6-10(5)12(9(3)4)8-11(7-2)13(14,15)16/h7-9H,5-6H2,1-4H3/b11-7+,12-8-. The molecule has 0 aliphatic rings. The van der Waals surface area contributed by atoms with E-state index in [1.165, 1.54) is 13.0 Å². The van der Waals surface area contributed by atoms with Crippen LogP contribution in [0.5, 0.6) is 0 Å². The average molecular weight is 232 g/mol. The van der Waals surface area contributed by atoms with Crippen molar-refractivity contribution in [2.45, 2.75) is 40.3 Å². The summed E-state index contributed by atoms with van der Waals surface area (Å²) in [5.74, 6) is 0.0461. The molecule has 0 amide bonds. The molecule has 0 N–H and O–H groups in total. The Hall–Kier alpha value is -0.990. The minimum atomic E-state index is -4.29. The molecule has 0 spiro atoms. The Morgan fingerprint density at radius 3 is 2.06 bits per heavy atom. The summed E-state index contributed by atoms with van der Waals surface area (Å²) in [5.41, 5.74) is 0.831. The van der Waals surface area contributed by atoms with Crippen molar-refractivity contribution in [3.05, 3.63) is 35.5 Å². The highest BCUT2D eigenvalue weighted by atomic mass is 19.4. The highest BCUT2D eigenvalue weighted by molar-refractivity contribution is 5.38. The zero-order chi connectivity index (χ0) is 12.9. The van der Waals surface area contributed by atoms with E-state index < -0.39 is 11.7 Å². The fourth-order valence-electron chi connectivity index (χ4n) is 1.38. The third-order valence-corrected chi connectivity index (χ3v) is 2.41. The first-order valence-electron chi connectivity index (χ1n) is 5.37. The second-order valence-corrected chi connectivity index (χ2v) is 3.95. The molecular formula is C13H19F3. The van der Waals surface area contributed by atoms with Crippen LogP contribution in [0.15, 0.2) is 35.5 Å². The van der Waals surface area contributed by atoms with Gasteiger partial charge in [-0.25, -0.2) is 0 Å². The molecule has 0 aromatic rings. The molecule has 0 saturated carbocycles. The molecule has 0 saturated heterocycles. The fourth-order valence-corrected chi connectivity index (χ4v) is 1.38. The molecule has 0 aliphatic carbocycles. The number of halogens is 3. The van der Waals surface area contributed by atoms with Crippen LogP contribution < -0.4 is 0 Å². The third kappa shape index (κ3) is 4.25. The predicted octanol–water partition coefficient (Wildman–Crippen LogP) is 5.04. The van der Waals surface area contributed by atoms with Gasteiger partial charge in [0.2, 0.25) is 0 Å². The van der Waals surface area contributed by atoms with E-state index in [0.29, 0.717) is 12.0 Å². The summed E-state index contributed by atoms with van der Waals surface area (Å²) in [6.45, 7) is 10.8. The fraction of sp³-hybridized carbons (Fsp3) is 0.538. The summed E-state index contributed by atoms with van der Waals surface area (Å²) >= 11 is 0. The van der Waals surface area contributed by atoms with Crippen molar-refractivity contribution in [1.29, 1.82) is 0 Å². The van der Waals surface area contributed by atoms with Gasteiger partial charge in [0.1, 0.15) is 0 Å². The maximum absolute atomic E-state index is 12.6. The lowest BCUT2D eigenvalue weighted by molar-refractivity contribution is -0.0883. The van der Waals surface area contributed by atoms with Crippen LogP contribution in [0.1, 0.15) is 34.1 Å². The molecule has 0 atom stereocenters. The van der Waals surface area contributed by atoms with Crippen LogP contribution in [-0.2, 0) is 0 Å². The average Bonchev–Trinajstić information content (AvgIpc) is 2.15. The molecule has 3 heteroatoms. The molecule has 92 valence electrons. The Kier molecular flexibility index (Phi) is 5.56. The molecule has 0 rings (SSSR count). The van der Waals surface area contributed by atoms with Crippen molar-refractivity contribution in [2.75, 3.05) is 0 Å². The highest BCUT2D eigenvalue weighted by Gasteiger charge is 2.31. The molecule has 0 heterocycles. The maximum Gasteiger partial charge on any atom is 0.416 e. The molecular weight excluding hydrogens is 213 g/mol. The number of hydrogen-bond donors (Lipinski definition) is 0. The first-order valence-corrected chi connectivity index (χ1v) is 5.37. The summed E-state index contributed by atoms with van der Waals surface area (Å²) in [4.78, 5) is 0. The van der Waals surface area contributed by atoms with Crippen molar-refractivity contribution in [3.8, 4) is 0 Å². The molecule has 0 nitrogen and oxygen atoms in total. The van der Waals surface area contributed by atoms with Crippen LogP contribution in [0.4, 0.5) is 13.2 Å². The van der Waals surface area contributed by atoms with E-state index in [9.17, 15) is 13.2 Å². The minimum absolute atomic E-state index is 0.0461. The first-order chi connectivity index (χ1) is 7.23. The lowest BCUT2D eigenvalue weighted by Crippen LogP contribution is -2.11. The van der Waals surface area contributed by atoms with Gasteiger partial charge < -0.3 is 0 Å². The topological polar surface area (TPSA) is 0 Å². The number of allylic oxidation sites excluding steroid dienone is 5. The molecule has 0 aliphatic heterocycles. The van der Waals surface area contributed by atoms with E-state index in [1.54, 1.807) is 0 Å². The molecule has 0 unspecified atom stereocenters. The van der Waals surface area contributed by atoms with Crippen LogP contribution in [-0.4, -0.2) is 6.18 Å². The second kappa shape index (κ2) is 5.92. The van der Waals surface area contributed by atoms with Crippen LogP contribution in [0.3, 0.4) is 0 Å². The summed E-state index contributed by atoms with van der Waals surface area (Å²) < 4.78 is 37.7. The van der Waals surface area contributed by atoms with Crippen molar-refractivity contribution < 1.29 is 13.2 Å². The van der Waals surface area contributed by atoms with Gasteiger partial charge in [0, 0.05) is 0 Å². The molecule has 16 heavy (non-hydrogen) atoms. The van der Waals surface area contributed by atoms with Crippen LogP contribution in [0.25, 0.3) is 0 Å². The van der Waals surface area contributed by atoms with E-state index in [2.05, 4.69) is 6.58 Å². The van der Waals surface area contributed by atoms with Crippen LogP contribution in [0.2, 0.25) is 0 Å². The Morgan fingerprint density at radius 2 is 1.81 bits per heavy atom. The molecule has 0 aromatic heterocycles. The van der Waals surface area contributed by atoms with E-state index in [-0.39, 0.29) is 5.92 Å². The second-order valence-electron chi connectivity index (χ2n) is 3.95. The van der Waals surface area contributed by atoms with Gasteiger partial charge in [0.25, 0.3) is 0 Å². The van der Waals surface area contributed by atoms with Crippen molar-refractivity contribution in [3.63, 3.8) is 0 Å². The zero-order valence-corrected chi connectivity index (χ0v) is 10.3. The van der Waals surface area contributed by atoms with E-state index in [4.69, 9.17) is 0 Å². The summed E-state index contributed by atoms with van der Waals surface area (Å²) in [5, 5.41) is 0.